The smallest absolute Gasteiger partial charge is 0.197 e. The largest absolute Gasteiger partial charge is 0.507 e. The first-order valence-electron chi connectivity index (χ1n) is 8.91. The third kappa shape index (κ3) is 3.81. The molecule has 1 aromatic heterocycles. The molecule has 0 radical (unpaired) electrons. The van der Waals surface area contributed by atoms with E-state index in [4.69, 9.17) is 9.15 Å². The van der Waals surface area contributed by atoms with Gasteiger partial charge in [-0.15, -0.1) is 0 Å². The third-order valence-electron chi connectivity index (χ3n) is 4.30. The first kappa shape index (κ1) is 17.6. The molecule has 0 atom stereocenters. The van der Waals surface area contributed by atoms with Gasteiger partial charge < -0.3 is 14.3 Å². The summed E-state index contributed by atoms with van der Waals surface area (Å²) < 4.78 is 11.6. The van der Waals surface area contributed by atoms with Crippen LogP contribution in [0.2, 0.25) is 0 Å². The van der Waals surface area contributed by atoms with E-state index in [9.17, 15) is 9.90 Å². The summed E-state index contributed by atoms with van der Waals surface area (Å²) in [7, 11) is 0. The number of phenolic OH excluding ortho intramolecular Hbond substituents is 1. The molecule has 4 rings (SSSR count). The lowest BCUT2D eigenvalue weighted by atomic mass is 10.1. The van der Waals surface area contributed by atoms with E-state index in [0.29, 0.717) is 18.1 Å². The highest BCUT2D eigenvalue weighted by molar-refractivity contribution is 5.86. The number of aromatic hydroxyl groups is 1. The van der Waals surface area contributed by atoms with Gasteiger partial charge in [-0.2, -0.15) is 0 Å². The molecular formula is C24H18O4. The molecule has 4 heteroatoms. The quantitative estimate of drug-likeness (QED) is 0.521. The molecule has 4 aromatic rings. The van der Waals surface area contributed by atoms with Gasteiger partial charge in [0, 0.05) is 23.8 Å². The van der Waals surface area contributed by atoms with Crippen LogP contribution in [0.4, 0.5) is 0 Å². The van der Waals surface area contributed by atoms with Crippen LogP contribution in [0.15, 0.2) is 94.2 Å². The van der Waals surface area contributed by atoms with Gasteiger partial charge in [0.1, 0.15) is 34.8 Å². The van der Waals surface area contributed by atoms with Crippen molar-refractivity contribution in [3.05, 3.63) is 101 Å². The Bertz CT molecular complexity index is 1180. The molecule has 0 aliphatic heterocycles. The van der Waals surface area contributed by atoms with Crippen molar-refractivity contribution >= 4 is 17.0 Å². The zero-order valence-corrected chi connectivity index (χ0v) is 15.0. The highest BCUT2D eigenvalue weighted by atomic mass is 16.5. The lowest BCUT2D eigenvalue weighted by molar-refractivity contribution is 0.360. The zero-order valence-electron chi connectivity index (χ0n) is 15.0. The summed E-state index contributed by atoms with van der Waals surface area (Å²) in [6, 6.07) is 23.7. The van der Waals surface area contributed by atoms with E-state index in [1.807, 2.05) is 72.8 Å². The maximum absolute atomic E-state index is 12.5. The Morgan fingerprint density at radius 2 is 1.64 bits per heavy atom. The van der Waals surface area contributed by atoms with Gasteiger partial charge in [0.25, 0.3) is 0 Å². The number of ether oxygens (including phenoxy) is 1. The topological polar surface area (TPSA) is 59.7 Å². The van der Waals surface area contributed by atoms with Crippen LogP contribution in [-0.4, -0.2) is 11.7 Å². The molecule has 0 fully saturated rings. The van der Waals surface area contributed by atoms with Crippen LogP contribution in [0.5, 0.6) is 11.5 Å². The zero-order chi connectivity index (χ0) is 19.3. The molecule has 0 unspecified atom stereocenters. The molecule has 3 aromatic carbocycles. The van der Waals surface area contributed by atoms with Gasteiger partial charge in [-0.1, -0.05) is 66.7 Å². The van der Waals surface area contributed by atoms with Gasteiger partial charge >= 0.3 is 0 Å². The Kier molecular flexibility index (Phi) is 4.93. The molecule has 0 bridgehead atoms. The summed E-state index contributed by atoms with van der Waals surface area (Å²) in [6.07, 6.45) is 3.83. The fraction of sp³-hybridized carbons (Fsp3) is 0.0417. The van der Waals surface area contributed by atoms with E-state index in [2.05, 4.69) is 0 Å². The van der Waals surface area contributed by atoms with Crippen molar-refractivity contribution in [1.29, 1.82) is 0 Å². The Morgan fingerprint density at radius 1 is 0.929 bits per heavy atom. The van der Waals surface area contributed by atoms with Crippen LogP contribution >= 0.6 is 0 Å². The number of hydrogen-bond donors (Lipinski definition) is 1. The average Bonchev–Trinajstić information content (AvgIpc) is 2.72. The molecule has 0 aliphatic carbocycles. The van der Waals surface area contributed by atoms with Gasteiger partial charge in [-0.3, -0.25) is 4.79 Å². The van der Waals surface area contributed by atoms with Crippen molar-refractivity contribution in [3.63, 3.8) is 0 Å². The monoisotopic (exact) mass is 370 g/mol. The van der Waals surface area contributed by atoms with Crippen LogP contribution in [0.1, 0.15) is 5.56 Å². The molecule has 0 aliphatic rings. The molecule has 4 nitrogen and oxygen atoms in total. The fourth-order valence-electron chi connectivity index (χ4n) is 2.96. The van der Waals surface area contributed by atoms with Gasteiger partial charge in [-0.25, -0.2) is 0 Å². The molecule has 0 saturated carbocycles. The Balaban J connectivity index is 1.61. The predicted octanol–water partition coefficient (Wildman–Crippen LogP) is 5.26. The minimum absolute atomic E-state index is 0.145. The van der Waals surface area contributed by atoms with Crippen LogP contribution in [0.3, 0.4) is 0 Å². The maximum Gasteiger partial charge on any atom is 0.197 e. The minimum Gasteiger partial charge on any atom is -0.507 e. The standard InChI is InChI=1S/C24H18O4/c25-20-14-19(27-13-7-10-17-8-3-1-4-9-17)15-23-24(20)21(26)16-22(28-23)18-11-5-2-6-12-18/h1-12,14-16,25H,13H2. The lowest BCUT2D eigenvalue weighted by Gasteiger charge is -2.08. The van der Waals surface area contributed by atoms with Gasteiger partial charge in [-0.05, 0) is 11.6 Å². The summed E-state index contributed by atoms with van der Waals surface area (Å²) in [5, 5.41) is 10.4. The maximum atomic E-state index is 12.5. The van der Waals surface area contributed by atoms with E-state index >= 15 is 0 Å². The third-order valence-corrected chi connectivity index (χ3v) is 4.30. The van der Waals surface area contributed by atoms with Crippen molar-refractivity contribution in [1.82, 2.24) is 0 Å². The number of phenols is 1. The number of benzene rings is 3. The molecule has 1 N–H and O–H groups in total. The Hall–Kier alpha value is -3.79. The SMILES string of the molecule is O=c1cc(-c2ccccc2)oc2cc(OCC=Cc3ccccc3)cc(O)c12. The summed E-state index contributed by atoms with van der Waals surface area (Å²) in [5.74, 6) is 0.711. The second-order valence-electron chi connectivity index (χ2n) is 6.28. The van der Waals surface area contributed by atoms with E-state index < -0.39 is 0 Å². The highest BCUT2D eigenvalue weighted by Gasteiger charge is 2.12. The number of fused-ring (bicyclic) bond motifs is 1. The Morgan fingerprint density at radius 3 is 2.39 bits per heavy atom. The summed E-state index contributed by atoms with van der Waals surface area (Å²) in [6.45, 7) is 0.322. The molecule has 0 amide bonds. The number of rotatable bonds is 5. The molecule has 0 saturated heterocycles. The van der Waals surface area contributed by atoms with Crippen molar-refractivity contribution in [3.8, 4) is 22.8 Å². The van der Waals surface area contributed by atoms with Gasteiger partial charge in [0.2, 0.25) is 0 Å². The van der Waals surface area contributed by atoms with E-state index in [1.54, 1.807) is 6.07 Å². The first-order chi connectivity index (χ1) is 13.7. The van der Waals surface area contributed by atoms with E-state index in [0.717, 1.165) is 11.1 Å². The Labute approximate surface area is 162 Å². The summed E-state index contributed by atoms with van der Waals surface area (Å²) >= 11 is 0. The van der Waals surface area contributed by atoms with Crippen LogP contribution < -0.4 is 10.2 Å². The number of hydrogen-bond acceptors (Lipinski definition) is 4. The summed E-state index contributed by atoms with van der Waals surface area (Å²) in [4.78, 5) is 12.5. The average molecular weight is 370 g/mol. The second-order valence-corrected chi connectivity index (χ2v) is 6.28. The van der Waals surface area contributed by atoms with Gasteiger partial charge in [0.15, 0.2) is 5.43 Å². The summed E-state index contributed by atoms with van der Waals surface area (Å²) in [5.41, 5.74) is 1.85. The van der Waals surface area contributed by atoms with Crippen molar-refractivity contribution in [2.75, 3.05) is 6.61 Å². The molecule has 0 spiro atoms. The molecule has 1 heterocycles. The first-order valence-corrected chi connectivity index (χ1v) is 8.91. The van der Waals surface area contributed by atoms with Crippen LogP contribution in [0, 0.1) is 0 Å². The molecule has 138 valence electrons. The molecule has 28 heavy (non-hydrogen) atoms. The van der Waals surface area contributed by atoms with Crippen molar-refractivity contribution < 1.29 is 14.3 Å². The van der Waals surface area contributed by atoms with E-state index in [-0.39, 0.29) is 22.1 Å². The second kappa shape index (κ2) is 7.84. The van der Waals surface area contributed by atoms with Crippen LogP contribution in [-0.2, 0) is 0 Å². The normalized spacial score (nSPS) is 11.1. The minimum atomic E-state index is -0.298. The van der Waals surface area contributed by atoms with Crippen LogP contribution in [0.25, 0.3) is 28.4 Å². The lowest BCUT2D eigenvalue weighted by Crippen LogP contribution is -2.02. The fourth-order valence-corrected chi connectivity index (χ4v) is 2.96. The molecular weight excluding hydrogens is 352 g/mol. The van der Waals surface area contributed by atoms with Gasteiger partial charge in [0.05, 0.1) is 0 Å². The van der Waals surface area contributed by atoms with Crippen molar-refractivity contribution in [2.45, 2.75) is 0 Å². The van der Waals surface area contributed by atoms with E-state index in [1.165, 1.54) is 12.1 Å². The predicted molar refractivity (Wildman–Crippen MR) is 111 cm³/mol. The highest BCUT2D eigenvalue weighted by Crippen LogP contribution is 2.31. The van der Waals surface area contributed by atoms with Crippen molar-refractivity contribution in [2.24, 2.45) is 0 Å².